The maximum absolute atomic E-state index is 12.4. The molecule has 126 valence electrons. The summed E-state index contributed by atoms with van der Waals surface area (Å²) in [5.74, 6) is -0.136. The summed E-state index contributed by atoms with van der Waals surface area (Å²) >= 11 is 3.39. The quantitative estimate of drug-likeness (QED) is 0.640. The Morgan fingerprint density at radius 1 is 1.08 bits per heavy atom. The molecule has 0 saturated carbocycles. The van der Waals surface area contributed by atoms with Crippen LogP contribution in [0.4, 0.5) is 17.1 Å². The van der Waals surface area contributed by atoms with Crippen molar-refractivity contribution in [2.24, 2.45) is 0 Å². The summed E-state index contributed by atoms with van der Waals surface area (Å²) in [5, 5.41) is 2.95. The zero-order valence-corrected chi connectivity index (χ0v) is 15.4. The molecule has 0 aliphatic rings. The number of nitrogens with one attached hydrogen (secondary N) is 1. The molecule has 0 radical (unpaired) electrons. The molecule has 0 aliphatic carbocycles. The van der Waals surface area contributed by atoms with Gasteiger partial charge in [-0.05, 0) is 55.5 Å². The van der Waals surface area contributed by atoms with Crippen molar-refractivity contribution in [2.75, 3.05) is 16.8 Å². The van der Waals surface area contributed by atoms with Crippen LogP contribution in [-0.4, -0.2) is 17.4 Å². The molecule has 0 fully saturated rings. The standard InChI is InChI=1S/C20H18BrN3O/c1-2-24(19-10-5-11-22-14-19)18-9-4-8-17(13-18)23-20(25)15-6-3-7-16(21)12-15/h3-14H,2H2,1H3,(H,23,25). The normalized spacial score (nSPS) is 10.3. The molecule has 1 N–H and O–H groups in total. The summed E-state index contributed by atoms with van der Waals surface area (Å²) in [5.41, 5.74) is 3.38. The van der Waals surface area contributed by atoms with Crippen LogP contribution in [0, 0.1) is 0 Å². The van der Waals surface area contributed by atoms with Crippen molar-refractivity contribution in [3.63, 3.8) is 0 Å². The number of amides is 1. The van der Waals surface area contributed by atoms with E-state index in [1.165, 1.54) is 0 Å². The van der Waals surface area contributed by atoms with Crippen LogP contribution in [0.25, 0.3) is 0 Å². The Morgan fingerprint density at radius 2 is 1.88 bits per heavy atom. The van der Waals surface area contributed by atoms with Crippen molar-refractivity contribution >= 4 is 38.9 Å². The summed E-state index contributed by atoms with van der Waals surface area (Å²) in [4.78, 5) is 18.8. The summed E-state index contributed by atoms with van der Waals surface area (Å²) in [6.07, 6.45) is 3.59. The molecule has 3 aromatic rings. The number of aromatic nitrogens is 1. The molecular weight excluding hydrogens is 378 g/mol. The highest BCUT2D eigenvalue weighted by atomic mass is 79.9. The molecule has 4 nitrogen and oxygen atoms in total. The molecule has 25 heavy (non-hydrogen) atoms. The van der Waals surface area contributed by atoms with Gasteiger partial charge in [0.05, 0.1) is 11.9 Å². The van der Waals surface area contributed by atoms with E-state index in [-0.39, 0.29) is 5.91 Å². The first kappa shape index (κ1) is 17.2. The lowest BCUT2D eigenvalue weighted by atomic mass is 10.2. The molecule has 3 rings (SSSR count). The van der Waals surface area contributed by atoms with E-state index in [0.29, 0.717) is 5.56 Å². The van der Waals surface area contributed by atoms with E-state index in [1.807, 2.05) is 54.7 Å². The Bertz CT molecular complexity index is 868. The fourth-order valence-corrected chi connectivity index (χ4v) is 3.01. The smallest absolute Gasteiger partial charge is 0.255 e. The first-order valence-corrected chi connectivity index (χ1v) is 8.81. The average Bonchev–Trinajstić information content (AvgIpc) is 2.64. The highest BCUT2D eigenvalue weighted by Gasteiger charge is 2.10. The fourth-order valence-electron chi connectivity index (χ4n) is 2.61. The van der Waals surface area contributed by atoms with E-state index in [0.717, 1.165) is 28.1 Å². The zero-order chi connectivity index (χ0) is 17.6. The van der Waals surface area contributed by atoms with E-state index in [1.54, 1.807) is 18.3 Å². The molecule has 1 heterocycles. The lowest BCUT2D eigenvalue weighted by molar-refractivity contribution is 0.102. The number of anilines is 3. The molecule has 0 saturated heterocycles. The number of rotatable bonds is 5. The van der Waals surface area contributed by atoms with Crippen LogP contribution in [0.3, 0.4) is 0 Å². The Kier molecular flexibility index (Phi) is 5.46. The highest BCUT2D eigenvalue weighted by molar-refractivity contribution is 9.10. The van der Waals surface area contributed by atoms with Gasteiger partial charge in [0.15, 0.2) is 0 Å². The monoisotopic (exact) mass is 395 g/mol. The van der Waals surface area contributed by atoms with Crippen LogP contribution in [0.2, 0.25) is 0 Å². The molecule has 0 atom stereocenters. The van der Waals surface area contributed by atoms with Crippen LogP contribution < -0.4 is 10.2 Å². The predicted octanol–water partition coefficient (Wildman–Crippen LogP) is 5.25. The number of carbonyl (C=O) groups is 1. The van der Waals surface area contributed by atoms with Crippen LogP contribution in [0.15, 0.2) is 77.5 Å². The lowest BCUT2D eigenvalue weighted by Crippen LogP contribution is -2.17. The van der Waals surface area contributed by atoms with E-state index in [4.69, 9.17) is 0 Å². The summed E-state index contributed by atoms with van der Waals surface area (Å²) < 4.78 is 0.877. The number of halogens is 1. The van der Waals surface area contributed by atoms with Gasteiger partial charge in [-0.3, -0.25) is 9.78 Å². The number of hydrogen-bond acceptors (Lipinski definition) is 3. The summed E-state index contributed by atoms with van der Waals surface area (Å²) in [7, 11) is 0. The summed E-state index contributed by atoms with van der Waals surface area (Å²) in [6.45, 7) is 2.88. The number of benzene rings is 2. The zero-order valence-electron chi connectivity index (χ0n) is 13.8. The molecule has 1 aromatic heterocycles. The van der Waals surface area contributed by atoms with Gasteiger partial charge in [-0.25, -0.2) is 0 Å². The third-order valence-corrected chi connectivity index (χ3v) is 4.27. The molecule has 0 bridgehead atoms. The maximum Gasteiger partial charge on any atom is 0.255 e. The molecule has 0 spiro atoms. The second kappa shape index (κ2) is 7.94. The van der Waals surface area contributed by atoms with Crippen LogP contribution in [-0.2, 0) is 0 Å². The van der Waals surface area contributed by atoms with Crippen molar-refractivity contribution < 1.29 is 4.79 Å². The van der Waals surface area contributed by atoms with Gasteiger partial charge in [-0.2, -0.15) is 0 Å². The van der Waals surface area contributed by atoms with Crippen LogP contribution >= 0.6 is 15.9 Å². The van der Waals surface area contributed by atoms with E-state index >= 15 is 0 Å². The molecule has 1 amide bonds. The van der Waals surface area contributed by atoms with E-state index in [2.05, 4.69) is 38.1 Å². The van der Waals surface area contributed by atoms with Gasteiger partial charge >= 0.3 is 0 Å². The van der Waals surface area contributed by atoms with E-state index < -0.39 is 0 Å². The average molecular weight is 396 g/mol. The third kappa shape index (κ3) is 4.25. The Labute approximate surface area is 155 Å². The largest absolute Gasteiger partial charge is 0.340 e. The number of carbonyl (C=O) groups excluding carboxylic acids is 1. The second-order valence-corrected chi connectivity index (χ2v) is 6.39. The van der Waals surface area contributed by atoms with Gasteiger partial charge < -0.3 is 10.2 Å². The molecular formula is C20H18BrN3O. The van der Waals surface area contributed by atoms with Gasteiger partial charge in [0.25, 0.3) is 5.91 Å². The number of nitrogens with zero attached hydrogens (tertiary/aromatic N) is 2. The second-order valence-electron chi connectivity index (χ2n) is 5.47. The van der Waals surface area contributed by atoms with Crippen molar-refractivity contribution in [3.8, 4) is 0 Å². The SMILES string of the molecule is CCN(c1cccnc1)c1cccc(NC(=O)c2cccc(Br)c2)c1. The van der Waals surface area contributed by atoms with E-state index in [9.17, 15) is 4.79 Å². The molecule has 5 heteroatoms. The van der Waals surface area contributed by atoms with Crippen molar-refractivity contribution in [3.05, 3.63) is 83.1 Å². The van der Waals surface area contributed by atoms with Crippen LogP contribution in [0.5, 0.6) is 0 Å². The summed E-state index contributed by atoms with van der Waals surface area (Å²) in [6, 6.07) is 19.1. The Hall–Kier alpha value is -2.66. The first-order valence-electron chi connectivity index (χ1n) is 8.02. The number of pyridine rings is 1. The van der Waals surface area contributed by atoms with Crippen molar-refractivity contribution in [1.82, 2.24) is 4.98 Å². The third-order valence-electron chi connectivity index (χ3n) is 3.78. The van der Waals surface area contributed by atoms with Gasteiger partial charge in [0.1, 0.15) is 0 Å². The minimum atomic E-state index is -0.136. The maximum atomic E-state index is 12.4. The predicted molar refractivity (Wildman–Crippen MR) is 105 cm³/mol. The fraction of sp³-hybridized carbons (Fsp3) is 0.100. The Morgan fingerprint density at radius 3 is 2.60 bits per heavy atom. The number of hydrogen-bond donors (Lipinski definition) is 1. The minimum absolute atomic E-state index is 0.136. The van der Waals surface area contributed by atoms with Gasteiger partial charge in [0, 0.05) is 34.2 Å². The lowest BCUT2D eigenvalue weighted by Gasteiger charge is -2.23. The van der Waals surface area contributed by atoms with Crippen molar-refractivity contribution in [2.45, 2.75) is 6.92 Å². The van der Waals surface area contributed by atoms with Gasteiger partial charge in [-0.15, -0.1) is 0 Å². The van der Waals surface area contributed by atoms with Gasteiger partial charge in [-0.1, -0.05) is 28.1 Å². The highest BCUT2D eigenvalue weighted by Crippen LogP contribution is 2.27. The topological polar surface area (TPSA) is 45.2 Å². The Balaban J connectivity index is 1.82. The van der Waals surface area contributed by atoms with Crippen LogP contribution in [0.1, 0.15) is 17.3 Å². The van der Waals surface area contributed by atoms with Gasteiger partial charge in [0.2, 0.25) is 0 Å². The van der Waals surface area contributed by atoms with Crippen molar-refractivity contribution in [1.29, 1.82) is 0 Å². The molecule has 0 aliphatic heterocycles. The first-order chi connectivity index (χ1) is 12.2. The minimum Gasteiger partial charge on any atom is -0.340 e. The molecule has 2 aromatic carbocycles. The molecule has 0 unspecified atom stereocenters.